The molecule has 2 aromatic rings. The summed E-state index contributed by atoms with van der Waals surface area (Å²) in [6, 6.07) is 9.81. The van der Waals surface area contributed by atoms with Crippen LogP contribution in [-0.2, 0) is 0 Å². The summed E-state index contributed by atoms with van der Waals surface area (Å²) in [4.78, 5) is 3.93. The topological polar surface area (TPSA) is 17.8 Å². The molecule has 0 saturated heterocycles. The van der Waals surface area contributed by atoms with E-state index >= 15 is 0 Å². The number of nitrogens with zero attached hydrogens (tertiary/aromatic N) is 2. The van der Waals surface area contributed by atoms with E-state index in [4.69, 9.17) is 11.6 Å². The summed E-state index contributed by atoms with van der Waals surface area (Å²) in [6.45, 7) is 0. The molecule has 0 aliphatic rings. The third-order valence-electron chi connectivity index (χ3n) is 1.84. The average molecular weight is 205 g/mol. The fourth-order valence-electron chi connectivity index (χ4n) is 1.15. The van der Waals surface area contributed by atoms with Gasteiger partial charge >= 0.3 is 0 Å². The average Bonchev–Trinajstić information content (AvgIpc) is 2.72. The van der Waals surface area contributed by atoms with Crippen molar-refractivity contribution in [1.29, 1.82) is 0 Å². The highest BCUT2D eigenvalue weighted by Crippen LogP contribution is 2.18. The van der Waals surface area contributed by atoms with Crippen molar-refractivity contribution in [2.45, 2.75) is 0 Å². The van der Waals surface area contributed by atoms with Crippen LogP contribution in [0.1, 0.15) is 5.56 Å². The first kappa shape index (κ1) is 9.03. The summed E-state index contributed by atoms with van der Waals surface area (Å²) < 4.78 is 1.81. The summed E-state index contributed by atoms with van der Waals surface area (Å²) in [5, 5.41) is 0.698. The molecule has 0 aliphatic carbocycles. The van der Waals surface area contributed by atoms with E-state index in [9.17, 15) is 0 Å². The Kier molecular flexibility index (Phi) is 2.65. The Balaban J connectivity index is 2.29. The zero-order valence-corrected chi connectivity index (χ0v) is 8.22. The molecule has 1 heterocycles. The third kappa shape index (κ3) is 2.03. The first-order valence-corrected chi connectivity index (χ1v) is 4.64. The van der Waals surface area contributed by atoms with Gasteiger partial charge in [0, 0.05) is 18.6 Å². The van der Waals surface area contributed by atoms with Crippen LogP contribution >= 0.6 is 11.6 Å². The molecule has 2 nitrogen and oxygen atoms in total. The van der Waals surface area contributed by atoms with E-state index in [-0.39, 0.29) is 0 Å². The van der Waals surface area contributed by atoms with Gasteiger partial charge < -0.3 is 4.57 Å². The van der Waals surface area contributed by atoms with Crippen molar-refractivity contribution >= 4 is 22.8 Å². The van der Waals surface area contributed by atoms with Gasteiger partial charge in [-0.2, -0.15) is 0 Å². The van der Waals surface area contributed by atoms with E-state index in [1.165, 1.54) is 0 Å². The monoisotopic (exact) mass is 204 g/mol. The van der Waals surface area contributed by atoms with Crippen LogP contribution in [0.3, 0.4) is 0 Å². The second kappa shape index (κ2) is 4.11. The number of hydrogen-bond acceptors (Lipinski definition) is 1. The Labute approximate surface area is 87.5 Å². The Morgan fingerprint density at radius 3 is 2.71 bits per heavy atom. The summed E-state index contributed by atoms with van der Waals surface area (Å²) in [5.74, 6) is 0. The highest BCUT2D eigenvalue weighted by Gasteiger charge is 1.95. The van der Waals surface area contributed by atoms with Gasteiger partial charge in [0.15, 0.2) is 0 Å². The Bertz CT molecular complexity index is 418. The normalized spacial score (nSPS) is 11.6. The smallest absolute Gasteiger partial charge is 0.0987 e. The van der Waals surface area contributed by atoms with Crippen molar-refractivity contribution in [2.24, 2.45) is 0 Å². The number of benzene rings is 1. The van der Waals surface area contributed by atoms with Crippen molar-refractivity contribution in [1.82, 2.24) is 9.55 Å². The number of imidazole rings is 1. The van der Waals surface area contributed by atoms with Crippen molar-refractivity contribution in [3.05, 3.63) is 54.6 Å². The molecule has 0 atom stereocenters. The molecule has 0 unspecified atom stereocenters. The van der Waals surface area contributed by atoms with Crippen molar-refractivity contribution < 1.29 is 0 Å². The van der Waals surface area contributed by atoms with Crippen LogP contribution in [0.5, 0.6) is 0 Å². The standard InChI is InChI=1S/C11H9ClN2/c12-11(8-14-7-6-13-9-14)10-4-2-1-3-5-10/h1-9H/b11-8+. The Hall–Kier alpha value is -1.54. The fraction of sp³-hybridized carbons (Fsp3) is 0. The number of rotatable bonds is 2. The molecule has 0 aliphatic heterocycles. The van der Waals surface area contributed by atoms with Crippen LogP contribution in [0.2, 0.25) is 0 Å². The number of hydrogen-bond donors (Lipinski definition) is 0. The highest BCUT2D eigenvalue weighted by molar-refractivity contribution is 6.50. The minimum Gasteiger partial charge on any atom is -0.312 e. The molecule has 0 saturated carbocycles. The highest BCUT2D eigenvalue weighted by atomic mass is 35.5. The molecule has 0 N–H and O–H groups in total. The van der Waals surface area contributed by atoms with E-state index in [0.717, 1.165) is 5.56 Å². The molecule has 70 valence electrons. The van der Waals surface area contributed by atoms with Crippen LogP contribution in [0.15, 0.2) is 49.1 Å². The van der Waals surface area contributed by atoms with Gasteiger partial charge in [-0.25, -0.2) is 4.98 Å². The minimum atomic E-state index is 0.698. The summed E-state index contributed by atoms with van der Waals surface area (Å²) in [5.41, 5.74) is 1.00. The quantitative estimate of drug-likeness (QED) is 0.735. The van der Waals surface area contributed by atoms with Gasteiger partial charge in [-0.15, -0.1) is 0 Å². The SMILES string of the molecule is Cl/C(=C/n1ccnc1)c1ccccc1. The van der Waals surface area contributed by atoms with Gasteiger partial charge in [0.05, 0.1) is 11.4 Å². The van der Waals surface area contributed by atoms with Gasteiger partial charge in [-0.05, 0) is 5.56 Å². The first-order valence-electron chi connectivity index (χ1n) is 4.26. The zero-order valence-electron chi connectivity index (χ0n) is 7.47. The molecule has 2 rings (SSSR count). The third-order valence-corrected chi connectivity index (χ3v) is 2.15. The van der Waals surface area contributed by atoms with Crippen molar-refractivity contribution in [3.63, 3.8) is 0 Å². The first-order chi connectivity index (χ1) is 6.86. The molecule has 0 fully saturated rings. The molecule has 0 bridgehead atoms. The summed E-state index contributed by atoms with van der Waals surface area (Å²) in [7, 11) is 0. The molecule has 0 amide bonds. The molecule has 1 aromatic carbocycles. The van der Waals surface area contributed by atoms with Crippen LogP contribution in [-0.4, -0.2) is 9.55 Å². The summed E-state index contributed by atoms with van der Waals surface area (Å²) in [6.07, 6.45) is 7.08. The van der Waals surface area contributed by atoms with Gasteiger partial charge in [-0.1, -0.05) is 41.9 Å². The molecule has 3 heteroatoms. The molecular formula is C11H9ClN2. The number of aromatic nitrogens is 2. The Morgan fingerprint density at radius 1 is 1.29 bits per heavy atom. The van der Waals surface area contributed by atoms with E-state index in [1.54, 1.807) is 12.5 Å². The van der Waals surface area contributed by atoms with E-state index in [0.29, 0.717) is 5.03 Å². The predicted octanol–water partition coefficient (Wildman–Crippen LogP) is 3.08. The zero-order chi connectivity index (χ0) is 9.80. The lowest BCUT2D eigenvalue weighted by atomic mass is 10.2. The van der Waals surface area contributed by atoms with Crippen molar-refractivity contribution in [3.8, 4) is 0 Å². The molecular weight excluding hydrogens is 196 g/mol. The molecule has 0 spiro atoms. The maximum atomic E-state index is 6.11. The van der Waals surface area contributed by atoms with Crippen LogP contribution in [0, 0.1) is 0 Å². The minimum absolute atomic E-state index is 0.698. The summed E-state index contributed by atoms with van der Waals surface area (Å²) >= 11 is 6.11. The van der Waals surface area contributed by atoms with Gasteiger partial charge in [-0.3, -0.25) is 0 Å². The van der Waals surface area contributed by atoms with Crippen LogP contribution in [0.4, 0.5) is 0 Å². The fourth-order valence-corrected chi connectivity index (χ4v) is 1.39. The van der Waals surface area contributed by atoms with Gasteiger partial charge in [0.2, 0.25) is 0 Å². The second-order valence-electron chi connectivity index (χ2n) is 2.85. The lowest BCUT2D eigenvalue weighted by Gasteiger charge is -1.98. The Morgan fingerprint density at radius 2 is 2.07 bits per heavy atom. The maximum Gasteiger partial charge on any atom is 0.0987 e. The van der Waals surface area contributed by atoms with E-state index < -0.39 is 0 Å². The van der Waals surface area contributed by atoms with E-state index in [1.807, 2.05) is 47.3 Å². The van der Waals surface area contributed by atoms with Gasteiger partial charge in [0.1, 0.15) is 0 Å². The van der Waals surface area contributed by atoms with Crippen LogP contribution < -0.4 is 0 Å². The molecule has 1 aromatic heterocycles. The molecule has 14 heavy (non-hydrogen) atoms. The maximum absolute atomic E-state index is 6.11. The van der Waals surface area contributed by atoms with E-state index in [2.05, 4.69) is 4.98 Å². The predicted molar refractivity (Wildman–Crippen MR) is 58.7 cm³/mol. The second-order valence-corrected chi connectivity index (χ2v) is 3.26. The lowest BCUT2D eigenvalue weighted by molar-refractivity contribution is 1.14. The number of halogens is 1. The van der Waals surface area contributed by atoms with Gasteiger partial charge in [0.25, 0.3) is 0 Å². The van der Waals surface area contributed by atoms with Crippen LogP contribution in [0.25, 0.3) is 11.2 Å². The van der Waals surface area contributed by atoms with Crippen molar-refractivity contribution in [2.75, 3.05) is 0 Å². The lowest BCUT2D eigenvalue weighted by Crippen LogP contribution is -1.82. The largest absolute Gasteiger partial charge is 0.312 e. The molecule has 0 radical (unpaired) electrons.